The zero-order valence-corrected chi connectivity index (χ0v) is 17.2. The molecule has 0 aliphatic heterocycles. The van der Waals surface area contributed by atoms with Crippen LogP contribution in [0, 0.1) is 10.1 Å². The number of rotatable bonds is 8. The summed E-state index contributed by atoms with van der Waals surface area (Å²) in [6.07, 6.45) is 0. The van der Waals surface area contributed by atoms with Gasteiger partial charge in [-0.25, -0.2) is 4.98 Å². The predicted octanol–water partition coefficient (Wildman–Crippen LogP) is 3.24. The number of ether oxygens (including phenoxy) is 1. The van der Waals surface area contributed by atoms with Gasteiger partial charge in [0.15, 0.2) is 5.16 Å². The van der Waals surface area contributed by atoms with E-state index in [4.69, 9.17) is 4.74 Å². The molecule has 0 aliphatic rings. The molecule has 0 saturated heterocycles. The lowest BCUT2D eigenvalue weighted by molar-refractivity contribution is -0.383. The van der Waals surface area contributed by atoms with Crippen LogP contribution < -0.4 is 10.9 Å². The van der Waals surface area contributed by atoms with E-state index in [1.807, 2.05) is 6.92 Å². The van der Waals surface area contributed by atoms with Gasteiger partial charge in [-0.15, -0.1) is 0 Å². The summed E-state index contributed by atoms with van der Waals surface area (Å²) in [7, 11) is 1.54. The van der Waals surface area contributed by atoms with Gasteiger partial charge in [-0.1, -0.05) is 36.0 Å². The second kappa shape index (κ2) is 9.51. The van der Waals surface area contributed by atoms with Gasteiger partial charge in [0.1, 0.15) is 5.69 Å². The van der Waals surface area contributed by atoms with Crippen LogP contribution in [0.15, 0.2) is 58.5 Å². The number of nitro benzene ring substituents is 1. The van der Waals surface area contributed by atoms with E-state index in [0.717, 1.165) is 11.8 Å². The number of amides is 1. The van der Waals surface area contributed by atoms with Crippen molar-refractivity contribution in [2.24, 2.45) is 0 Å². The van der Waals surface area contributed by atoms with Gasteiger partial charge in [-0.2, -0.15) is 0 Å². The molecule has 1 N–H and O–H groups in total. The molecular weight excluding hydrogens is 408 g/mol. The number of thioether (sulfide) groups is 1. The maximum Gasteiger partial charge on any atom is 0.292 e. The summed E-state index contributed by atoms with van der Waals surface area (Å²) in [4.78, 5) is 40.5. The van der Waals surface area contributed by atoms with Gasteiger partial charge in [0.25, 0.3) is 11.2 Å². The highest BCUT2D eigenvalue weighted by molar-refractivity contribution is 7.99. The molecule has 0 spiro atoms. The molecule has 1 aromatic heterocycles. The fraction of sp³-hybridized carbons (Fsp3) is 0.250. The Bertz CT molecular complexity index is 1150. The van der Waals surface area contributed by atoms with Crippen molar-refractivity contribution in [2.75, 3.05) is 24.8 Å². The molecular formula is C20H20N4O5S. The third-order valence-corrected chi connectivity index (χ3v) is 5.28. The lowest BCUT2D eigenvalue weighted by Gasteiger charge is -2.18. The van der Waals surface area contributed by atoms with Crippen molar-refractivity contribution in [3.05, 3.63) is 69.0 Å². The van der Waals surface area contributed by atoms with Gasteiger partial charge in [-0.3, -0.25) is 24.3 Å². The van der Waals surface area contributed by atoms with E-state index in [2.05, 4.69) is 10.3 Å². The number of carbonyl (C=O) groups is 1. The molecule has 1 atom stereocenters. The number of nitrogens with one attached hydrogen (secondary N) is 1. The van der Waals surface area contributed by atoms with E-state index in [1.54, 1.807) is 37.4 Å². The largest absolute Gasteiger partial charge is 0.383 e. The van der Waals surface area contributed by atoms with Crippen LogP contribution in [0.1, 0.15) is 13.0 Å². The standard InChI is InChI=1S/C20H20N4O5S/c1-13(11-29-2)23-19(26)14-7-3-4-8-15(14)22-20(23)30-12-18(25)21-16-9-5-6-10-17(16)24(27)28/h3-10,13H,11-12H2,1-2H3,(H,21,25). The van der Waals surface area contributed by atoms with Crippen molar-refractivity contribution in [2.45, 2.75) is 18.1 Å². The SMILES string of the molecule is COCC(C)n1c(SCC(=O)Nc2ccccc2[N+](=O)[O-])nc2ccccc2c1=O. The molecule has 0 fully saturated rings. The van der Waals surface area contributed by atoms with Crippen LogP contribution in [0.5, 0.6) is 0 Å². The number of aromatic nitrogens is 2. The highest BCUT2D eigenvalue weighted by atomic mass is 32.2. The van der Waals surface area contributed by atoms with Crippen LogP contribution in [-0.4, -0.2) is 39.9 Å². The van der Waals surface area contributed by atoms with Crippen LogP contribution in [0.3, 0.4) is 0 Å². The van der Waals surface area contributed by atoms with E-state index in [0.29, 0.717) is 22.7 Å². The average molecular weight is 428 g/mol. The molecule has 0 radical (unpaired) electrons. The average Bonchev–Trinajstić information content (AvgIpc) is 2.72. The number of nitrogens with zero attached hydrogens (tertiary/aromatic N) is 3. The fourth-order valence-corrected chi connectivity index (χ4v) is 3.88. The van der Waals surface area contributed by atoms with E-state index in [-0.39, 0.29) is 28.7 Å². The maximum absolute atomic E-state index is 13.0. The highest BCUT2D eigenvalue weighted by Crippen LogP contribution is 2.25. The normalized spacial score (nSPS) is 11.9. The summed E-state index contributed by atoms with van der Waals surface area (Å²) in [6.45, 7) is 2.13. The minimum absolute atomic E-state index is 0.0729. The van der Waals surface area contributed by atoms with Gasteiger partial charge in [0, 0.05) is 13.2 Å². The van der Waals surface area contributed by atoms with Crippen molar-refractivity contribution in [3.63, 3.8) is 0 Å². The van der Waals surface area contributed by atoms with Gasteiger partial charge in [0.2, 0.25) is 5.91 Å². The van der Waals surface area contributed by atoms with Crippen molar-refractivity contribution in [1.82, 2.24) is 9.55 Å². The monoisotopic (exact) mass is 428 g/mol. The molecule has 0 saturated carbocycles. The number of carbonyl (C=O) groups excluding carboxylic acids is 1. The zero-order valence-electron chi connectivity index (χ0n) is 16.4. The Balaban J connectivity index is 1.86. The Morgan fingerprint density at radius 1 is 1.27 bits per heavy atom. The quantitative estimate of drug-likeness (QED) is 0.253. The van der Waals surface area contributed by atoms with E-state index < -0.39 is 10.8 Å². The molecule has 156 valence electrons. The summed E-state index contributed by atoms with van der Waals surface area (Å²) in [6, 6.07) is 12.6. The lowest BCUT2D eigenvalue weighted by Crippen LogP contribution is -2.29. The number of hydrogen-bond donors (Lipinski definition) is 1. The molecule has 30 heavy (non-hydrogen) atoms. The van der Waals surface area contributed by atoms with Crippen LogP contribution in [0.2, 0.25) is 0 Å². The highest BCUT2D eigenvalue weighted by Gasteiger charge is 2.19. The molecule has 2 aromatic carbocycles. The molecule has 3 aromatic rings. The number of hydrogen-bond acceptors (Lipinski definition) is 7. The smallest absolute Gasteiger partial charge is 0.292 e. The molecule has 10 heteroatoms. The zero-order chi connectivity index (χ0) is 21.7. The van der Waals surface area contributed by atoms with Crippen LogP contribution >= 0.6 is 11.8 Å². The third kappa shape index (κ3) is 4.66. The second-order valence-corrected chi connectivity index (χ2v) is 7.44. The first kappa shape index (κ1) is 21.5. The third-order valence-electron chi connectivity index (χ3n) is 4.33. The first-order valence-corrected chi connectivity index (χ1v) is 10.1. The van der Waals surface area contributed by atoms with Gasteiger partial charge < -0.3 is 10.1 Å². The van der Waals surface area contributed by atoms with Crippen molar-refractivity contribution in [3.8, 4) is 0 Å². The van der Waals surface area contributed by atoms with E-state index in [9.17, 15) is 19.7 Å². The Morgan fingerprint density at radius 2 is 1.97 bits per heavy atom. The first-order valence-electron chi connectivity index (χ1n) is 9.08. The first-order chi connectivity index (χ1) is 14.4. The fourth-order valence-electron chi connectivity index (χ4n) is 2.99. The summed E-state index contributed by atoms with van der Waals surface area (Å²) < 4.78 is 6.69. The topological polar surface area (TPSA) is 116 Å². The number of nitro groups is 1. The van der Waals surface area contributed by atoms with Crippen molar-refractivity contribution < 1.29 is 14.5 Å². The molecule has 1 unspecified atom stereocenters. The number of methoxy groups -OCH3 is 1. The summed E-state index contributed by atoms with van der Waals surface area (Å²) in [5.41, 5.74) is 0.242. The molecule has 3 rings (SSSR count). The van der Waals surface area contributed by atoms with Crippen LogP contribution in [-0.2, 0) is 9.53 Å². The van der Waals surface area contributed by atoms with E-state index in [1.165, 1.54) is 22.8 Å². The predicted molar refractivity (Wildman–Crippen MR) is 115 cm³/mol. The minimum Gasteiger partial charge on any atom is -0.383 e. The van der Waals surface area contributed by atoms with Gasteiger partial charge in [0.05, 0.1) is 34.2 Å². The number of anilines is 1. The van der Waals surface area contributed by atoms with Crippen molar-refractivity contribution >= 4 is 39.9 Å². The molecule has 0 bridgehead atoms. The Morgan fingerprint density at radius 3 is 2.70 bits per heavy atom. The Labute approximate surface area is 176 Å². The Hall–Kier alpha value is -3.24. The minimum atomic E-state index is -0.558. The molecule has 0 aliphatic carbocycles. The van der Waals surface area contributed by atoms with Gasteiger partial charge >= 0.3 is 0 Å². The van der Waals surface area contributed by atoms with Gasteiger partial charge in [-0.05, 0) is 25.1 Å². The molecule has 1 amide bonds. The van der Waals surface area contributed by atoms with E-state index >= 15 is 0 Å². The number of para-hydroxylation sites is 3. The summed E-state index contributed by atoms with van der Waals surface area (Å²) in [5, 5.41) is 14.5. The number of benzene rings is 2. The number of fused-ring (bicyclic) bond motifs is 1. The van der Waals surface area contributed by atoms with Crippen LogP contribution in [0.25, 0.3) is 10.9 Å². The second-order valence-electron chi connectivity index (χ2n) is 6.50. The lowest BCUT2D eigenvalue weighted by atomic mass is 10.2. The molecule has 1 heterocycles. The maximum atomic E-state index is 13.0. The van der Waals surface area contributed by atoms with Crippen LogP contribution in [0.4, 0.5) is 11.4 Å². The summed E-state index contributed by atoms with van der Waals surface area (Å²) in [5.74, 6) is -0.515. The molecule has 9 nitrogen and oxygen atoms in total. The Kier molecular flexibility index (Phi) is 6.80. The summed E-state index contributed by atoms with van der Waals surface area (Å²) >= 11 is 1.09. The van der Waals surface area contributed by atoms with Crippen molar-refractivity contribution in [1.29, 1.82) is 0 Å².